The Bertz CT molecular complexity index is 1370. The molecule has 11 heteroatoms. The fraction of sp³-hybridized carbons (Fsp3) is 0.312. The number of ketones is 1. The number of alkyl carbamates (subject to hydrolysis) is 2. The number of carbonyl (C=O) groups excluding carboxylic acids is 3. The van der Waals surface area contributed by atoms with Crippen LogP contribution < -0.4 is 14.8 Å². The maximum Gasteiger partial charge on any atom is 0.414 e. The first-order chi connectivity index (χ1) is 20.7. The molecule has 1 fully saturated rings. The van der Waals surface area contributed by atoms with Crippen LogP contribution in [0, 0.1) is 11.3 Å². The zero-order valence-corrected chi connectivity index (χ0v) is 24.9. The highest BCUT2D eigenvalue weighted by Crippen LogP contribution is 2.48. The van der Waals surface area contributed by atoms with Gasteiger partial charge in [0.1, 0.15) is 24.2 Å². The predicted molar refractivity (Wildman–Crippen MR) is 162 cm³/mol. The topological polar surface area (TPSA) is 132 Å². The highest BCUT2D eigenvalue weighted by atomic mass is 32.2. The lowest BCUT2D eigenvalue weighted by molar-refractivity contribution is -0.139. The molecule has 10 nitrogen and oxygen atoms in total. The highest BCUT2D eigenvalue weighted by Gasteiger charge is 2.59. The highest BCUT2D eigenvalue weighted by molar-refractivity contribution is 7.82. The number of hydrogen-bond acceptors (Lipinski definition) is 8. The van der Waals surface area contributed by atoms with Crippen LogP contribution in [0.4, 0.5) is 9.59 Å². The minimum absolute atomic E-state index is 0.0355. The van der Waals surface area contributed by atoms with Crippen LogP contribution in [-0.4, -0.2) is 39.9 Å². The Balaban J connectivity index is 1.31. The zero-order chi connectivity index (χ0) is 30.7. The predicted octanol–water partition coefficient (Wildman–Crippen LogP) is 5.31. The average Bonchev–Trinajstić information content (AvgIpc) is 3.00. The molecule has 3 aromatic carbocycles. The standard InChI is InChI=1S/C32H35N3O7S/c1-32(2)26(27(36)28(32)43(39)42-25-17-10-5-11-18-25)19-12-20-33-29(34-30(37)40-21-23-13-6-3-7-14-23)35-31(38)41-22-24-15-8-4-9-16-24/h3-11,13-18,26,28H,12,19-22H2,1-2H3,(H2,33,34,35,37,38)/t26-,28?,43?/m0/s1. The lowest BCUT2D eigenvalue weighted by atomic mass is 9.59. The van der Waals surface area contributed by atoms with Gasteiger partial charge in [0, 0.05) is 12.5 Å². The van der Waals surface area contributed by atoms with Crippen LogP contribution in [0.25, 0.3) is 0 Å². The third-order valence-corrected chi connectivity index (χ3v) is 8.66. The molecule has 0 spiro atoms. The number of amides is 2. The van der Waals surface area contributed by atoms with Crippen LogP contribution in [0.3, 0.4) is 0 Å². The fourth-order valence-corrected chi connectivity index (χ4v) is 6.20. The molecule has 1 aliphatic carbocycles. The summed E-state index contributed by atoms with van der Waals surface area (Å²) in [4.78, 5) is 42.2. The van der Waals surface area contributed by atoms with Crippen molar-refractivity contribution in [3.05, 3.63) is 102 Å². The third kappa shape index (κ3) is 8.99. The Morgan fingerprint density at radius 1 is 0.814 bits per heavy atom. The van der Waals surface area contributed by atoms with Crippen LogP contribution >= 0.6 is 0 Å². The van der Waals surface area contributed by atoms with Crippen LogP contribution in [-0.2, 0) is 38.6 Å². The quantitative estimate of drug-likeness (QED) is 0.172. The van der Waals surface area contributed by atoms with E-state index in [1.165, 1.54) is 0 Å². The first-order valence-electron chi connectivity index (χ1n) is 13.9. The summed E-state index contributed by atoms with van der Waals surface area (Å²) in [5.41, 5.74) is 1.06. The molecule has 3 aromatic rings. The van der Waals surface area contributed by atoms with Crippen LogP contribution in [0.1, 0.15) is 37.8 Å². The molecule has 2 amide bonds. The lowest BCUT2D eigenvalue weighted by Crippen LogP contribution is -2.61. The molecular weight excluding hydrogens is 570 g/mol. The smallest absolute Gasteiger partial charge is 0.414 e. The molecule has 4 rings (SSSR count). The molecule has 0 heterocycles. The zero-order valence-electron chi connectivity index (χ0n) is 24.1. The first-order valence-corrected chi connectivity index (χ1v) is 15.1. The van der Waals surface area contributed by atoms with Crippen molar-refractivity contribution in [3.8, 4) is 5.75 Å². The van der Waals surface area contributed by atoms with Crippen LogP contribution in [0.5, 0.6) is 5.75 Å². The molecule has 0 aliphatic heterocycles. The minimum atomic E-state index is -1.81. The summed E-state index contributed by atoms with van der Waals surface area (Å²) in [6.45, 7) is 4.07. The van der Waals surface area contributed by atoms with Gasteiger partial charge in [-0.25, -0.2) is 13.8 Å². The van der Waals surface area contributed by atoms with E-state index in [1.54, 1.807) is 24.3 Å². The number of carbonyl (C=O) groups is 3. The molecule has 2 unspecified atom stereocenters. The summed E-state index contributed by atoms with van der Waals surface area (Å²) in [5.74, 6) is -0.134. The molecule has 2 N–H and O–H groups in total. The summed E-state index contributed by atoms with van der Waals surface area (Å²) in [5, 5.41) is 4.17. The van der Waals surface area contributed by atoms with E-state index in [4.69, 9.17) is 13.7 Å². The summed E-state index contributed by atoms with van der Waals surface area (Å²) in [7, 11) is 0. The lowest BCUT2D eigenvalue weighted by Gasteiger charge is -2.48. The normalized spacial score (nSPS) is 17.5. The molecule has 43 heavy (non-hydrogen) atoms. The van der Waals surface area contributed by atoms with Crippen LogP contribution in [0.2, 0.25) is 0 Å². The SMILES string of the molecule is CC1(C)C(S(=O)Oc2ccccc2)C(=O)[C@@H]1CCCN=C(NC(=O)OCc1ccccc1)NC(=O)OCc1ccccc1. The second-order valence-corrected chi connectivity index (χ2v) is 11.7. The number of aliphatic imine (C=N–C) groups is 1. The van der Waals surface area contributed by atoms with Gasteiger partial charge in [-0.05, 0) is 41.5 Å². The van der Waals surface area contributed by atoms with Gasteiger partial charge in [0.15, 0.2) is 5.78 Å². The second-order valence-electron chi connectivity index (χ2n) is 10.6. The van der Waals surface area contributed by atoms with Gasteiger partial charge in [-0.1, -0.05) is 92.7 Å². The van der Waals surface area contributed by atoms with Crippen molar-refractivity contribution in [3.63, 3.8) is 0 Å². The molecule has 0 aromatic heterocycles. The number of nitrogens with one attached hydrogen (secondary N) is 2. The van der Waals surface area contributed by atoms with Gasteiger partial charge in [-0.2, -0.15) is 0 Å². The molecule has 226 valence electrons. The molecule has 1 aliphatic rings. The Morgan fingerprint density at radius 2 is 1.30 bits per heavy atom. The van der Waals surface area contributed by atoms with Gasteiger partial charge >= 0.3 is 12.2 Å². The van der Waals surface area contributed by atoms with Crippen molar-refractivity contribution in [2.45, 2.75) is 45.2 Å². The average molecular weight is 606 g/mol. The van der Waals surface area contributed by atoms with Gasteiger partial charge < -0.3 is 13.7 Å². The summed E-state index contributed by atoms with van der Waals surface area (Å²) in [6, 6.07) is 27.1. The largest absolute Gasteiger partial charge is 0.444 e. The number of Topliss-reactive ketones (excluding diaryl/α,β-unsaturated/α-hetero) is 1. The molecule has 0 radical (unpaired) electrons. The Labute approximate surface area is 253 Å². The van der Waals surface area contributed by atoms with Crippen molar-refractivity contribution in [1.29, 1.82) is 0 Å². The van der Waals surface area contributed by atoms with E-state index in [0.717, 1.165) is 11.1 Å². The van der Waals surface area contributed by atoms with Crippen LogP contribution in [0.15, 0.2) is 96.0 Å². The molecule has 1 saturated carbocycles. The van der Waals surface area contributed by atoms with E-state index in [2.05, 4.69) is 15.6 Å². The second kappa shape index (κ2) is 15.1. The maximum absolute atomic E-state index is 12.9. The molecule has 0 saturated heterocycles. The number of benzene rings is 3. The minimum Gasteiger partial charge on any atom is -0.444 e. The summed E-state index contributed by atoms with van der Waals surface area (Å²) >= 11 is -1.81. The number of nitrogens with zero attached hydrogens (tertiary/aromatic N) is 1. The first kappa shape index (κ1) is 31.4. The van der Waals surface area contributed by atoms with Gasteiger partial charge in [-0.3, -0.25) is 20.4 Å². The van der Waals surface area contributed by atoms with E-state index in [-0.39, 0.29) is 37.4 Å². The van der Waals surface area contributed by atoms with Gasteiger partial charge in [-0.15, -0.1) is 0 Å². The number of para-hydroxylation sites is 1. The van der Waals surface area contributed by atoms with Crippen molar-refractivity contribution >= 4 is 35.0 Å². The van der Waals surface area contributed by atoms with E-state index in [1.807, 2.05) is 80.6 Å². The van der Waals surface area contributed by atoms with Crippen molar-refractivity contribution < 1.29 is 32.2 Å². The Kier molecular flexibility index (Phi) is 11.0. The van der Waals surface area contributed by atoms with E-state index >= 15 is 0 Å². The molecule has 3 atom stereocenters. The number of ether oxygens (including phenoxy) is 2. The van der Waals surface area contributed by atoms with Crippen molar-refractivity contribution in [2.24, 2.45) is 16.3 Å². The Hall–Kier alpha value is -4.51. The van der Waals surface area contributed by atoms with E-state index < -0.39 is 33.9 Å². The van der Waals surface area contributed by atoms with E-state index in [0.29, 0.717) is 18.6 Å². The fourth-order valence-electron chi connectivity index (χ4n) is 4.79. The van der Waals surface area contributed by atoms with Gasteiger partial charge in [0.2, 0.25) is 17.0 Å². The molecule has 0 bridgehead atoms. The number of guanidine groups is 1. The monoisotopic (exact) mass is 605 g/mol. The van der Waals surface area contributed by atoms with Crippen molar-refractivity contribution in [1.82, 2.24) is 10.6 Å². The van der Waals surface area contributed by atoms with E-state index in [9.17, 15) is 18.6 Å². The van der Waals surface area contributed by atoms with Gasteiger partial charge in [0.25, 0.3) is 0 Å². The summed E-state index contributed by atoms with van der Waals surface area (Å²) < 4.78 is 28.8. The third-order valence-electron chi connectivity index (χ3n) is 7.08. The Morgan fingerprint density at radius 3 is 1.79 bits per heavy atom. The van der Waals surface area contributed by atoms with Crippen molar-refractivity contribution in [2.75, 3.05) is 6.54 Å². The number of hydrogen-bond donors (Lipinski definition) is 2. The van der Waals surface area contributed by atoms with Gasteiger partial charge in [0.05, 0.1) is 0 Å². The maximum atomic E-state index is 12.9. The number of rotatable bonds is 11. The molecular formula is C32H35N3O7S. The summed E-state index contributed by atoms with van der Waals surface area (Å²) in [6.07, 6.45) is -0.641.